The zero-order valence-electron chi connectivity index (χ0n) is 23.9. The molecule has 0 bridgehead atoms. The Morgan fingerprint density at radius 2 is 1.36 bits per heavy atom. The number of rotatable bonds is 6. The van der Waals surface area contributed by atoms with Crippen LogP contribution in [-0.4, -0.2) is 31.2 Å². The van der Waals surface area contributed by atoms with E-state index in [1.54, 1.807) is 0 Å². The van der Waals surface area contributed by atoms with Gasteiger partial charge in [-0.15, -0.1) is 0 Å². The van der Waals surface area contributed by atoms with Crippen molar-refractivity contribution in [2.75, 3.05) is 13.2 Å². The summed E-state index contributed by atoms with van der Waals surface area (Å²) in [4.78, 5) is 0. The van der Waals surface area contributed by atoms with Crippen LogP contribution in [0.3, 0.4) is 0 Å². The van der Waals surface area contributed by atoms with Crippen molar-refractivity contribution in [3.8, 4) is 0 Å². The Hall–Kier alpha value is -1.72. The normalized spacial score (nSPS) is 40.7. The van der Waals surface area contributed by atoms with E-state index in [9.17, 15) is 0 Å². The van der Waals surface area contributed by atoms with E-state index in [1.165, 1.54) is 43.2 Å². The van der Waals surface area contributed by atoms with E-state index in [-0.39, 0.29) is 28.8 Å². The molecule has 1 spiro atoms. The van der Waals surface area contributed by atoms with Crippen molar-refractivity contribution < 1.29 is 18.9 Å². The van der Waals surface area contributed by atoms with Crippen LogP contribution in [0.5, 0.6) is 0 Å². The summed E-state index contributed by atoms with van der Waals surface area (Å²) in [6.45, 7) is 8.00. The molecule has 4 heteroatoms. The van der Waals surface area contributed by atoms with Gasteiger partial charge in [-0.05, 0) is 78.7 Å². The lowest BCUT2D eigenvalue weighted by atomic mass is 9.44. The first-order valence-corrected chi connectivity index (χ1v) is 15.6. The molecule has 7 rings (SSSR count). The smallest absolute Gasteiger partial charge is 0.174 e. The lowest BCUT2D eigenvalue weighted by molar-refractivity contribution is -0.257. The first-order chi connectivity index (χ1) is 19.0. The Morgan fingerprint density at radius 1 is 0.718 bits per heavy atom. The number of benzene rings is 2. The predicted octanol–water partition coefficient (Wildman–Crippen LogP) is 7.55. The summed E-state index contributed by atoms with van der Waals surface area (Å²) in [5, 5.41) is 0. The van der Waals surface area contributed by atoms with E-state index in [0.717, 1.165) is 38.4 Å². The van der Waals surface area contributed by atoms with Crippen LogP contribution in [0, 0.1) is 34.5 Å². The Balaban J connectivity index is 1.14. The highest BCUT2D eigenvalue weighted by Crippen LogP contribution is 2.69. The number of ether oxygens (including phenoxy) is 4. The van der Waals surface area contributed by atoms with Gasteiger partial charge in [-0.2, -0.15) is 0 Å². The molecule has 0 amide bonds. The van der Waals surface area contributed by atoms with Crippen LogP contribution in [0.2, 0.25) is 0 Å². The van der Waals surface area contributed by atoms with Gasteiger partial charge in [0, 0.05) is 18.3 Å². The maximum Gasteiger partial charge on any atom is 0.174 e. The highest BCUT2D eigenvalue weighted by Gasteiger charge is 2.68. The SMILES string of the molecule is C[C@]12C(CCC3C1CC[C@@]1(C)C3CCC13OCCO3)C[C@H](OCc1ccccc1)C[C@@H]2OCc1ccccc1. The molecule has 8 atom stereocenters. The van der Waals surface area contributed by atoms with Gasteiger partial charge in [0.1, 0.15) is 0 Å². The predicted molar refractivity (Wildman–Crippen MR) is 152 cm³/mol. The number of hydrogen-bond donors (Lipinski definition) is 0. The van der Waals surface area contributed by atoms with Crippen LogP contribution in [0.1, 0.15) is 76.3 Å². The summed E-state index contributed by atoms with van der Waals surface area (Å²) >= 11 is 0. The van der Waals surface area contributed by atoms with Crippen molar-refractivity contribution in [1.29, 1.82) is 0 Å². The minimum atomic E-state index is -0.327. The first-order valence-electron chi connectivity index (χ1n) is 15.6. The molecule has 2 aromatic rings. The molecule has 0 radical (unpaired) electrons. The molecule has 4 nitrogen and oxygen atoms in total. The van der Waals surface area contributed by atoms with Crippen LogP contribution in [0.15, 0.2) is 60.7 Å². The van der Waals surface area contributed by atoms with Crippen LogP contribution < -0.4 is 0 Å². The average Bonchev–Trinajstić information content (AvgIpc) is 3.57. The van der Waals surface area contributed by atoms with Crippen molar-refractivity contribution >= 4 is 0 Å². The van der Waals surface area contributed by atoms with Gasteiger partial charge in [0.15, 0.2) is 5.79 Å². The van der Waals surface area contributed by atoms with Crippen molar-refractivity contribution in [2.45, 2.75) is 96.4 Å². The highest BCUT2D eigenvalue weighted by molar-refractivity contribution is 5.17. The molecule has 39 heavy (non-hydrogen) atoms. The van der Waals surface area contributed by atoms with E-state index in [4.69, 9.17) is 18.9 Å². The van der Waals surface area contributed by atoms with Gasteiger partial charge in [-0.3, -0.25) is 0 Å². The Morgan fingerprint density at radius 3 is 2.05 bits per heavy atom. The van der Waals surface area contributed by atoms with Gasteiger partial charge in [-0.25, -0.2) is 0 Å². The highest BCUT2D eigenvalue weighted by atomic mass is 16.7. The van der Waals surface area contributed by atoms with Gasteiger partial charge in [0.05, 0.1) is 38.6 Å². The second-order valence-corrected chi connectivity index (χ2v) is 13.6. The second-order valence-electron chi connectivity index (χ2n) is 13.6. The molecule has 0 N–H and O–H groups in total. The van der Waals surface area contributed by atoms with E-state index in [0.29, 0.717) is 31.0 Å². The zero-order chi connectivity index (χ0) is 26.5. The molecule has 5 fully saturated rings. The molecule has 1 saturated heterocycles. The van der Waals surface area contributed by atoms with E-state index in [2.05, 4.69) is 74.5 Å². The molecule has 0 aromatic heterocycles. The van der Waals surface area contributed by atoms with E-state index >= 15 is 0 Å². The maximum atomic E-state index is 6.97. The number of fused-ring (bicyclic) bond motifs is 6. The first kappa shape index (κ1) is 26.2. The minimum absolute atomic E-state index is 0.143. The summed E-state index contributed by atoms with van der Waals surface area (Å²) in [7, 11) is 0. The van der Waals surface area contributed by atoms with Crippen LogP contribution >= 0.6 is 0 Å². The number of hydrogen-bond acceptors (Lipinski definition) is 4. The summed E-state index contributed by atoms with van der Waals surface area (Å²) in [6.07, 6.45) is 10.0. The van der Waals surface area contributed by atoms with Crippen molar-refractivity contribution in [2.24, 2.45) is 34.5 Å². The standard InChI is InChI=1S/C35H46O4/c1-33-17-15-31-29(30(33)16-18-35(33)38-19-20-39-35)14-13-27-21-28(36-23-25-9-5-3-6-10-25)22-32(34(27,31)2)37-24-26-11-7-4-8-12-26/h3-12,27-32H,13-24H2,1-2H3/t27?,28-,29?,30?,31?,32-,33-,34-/m0/s1. The van der Waals surface area contributed by atoms with Crippen molar-refractivity contribution in [1.82, 2.24) is 0 Å². The molecule has 5 aliphatic rings. The summed E-state index contributed by atoms with van der Waals surface area (Å²) in [6, 6.07) is 21.4. The van der Waals surface area contributed by atoms with Gasteiger partial charge in [0.25, 0.3) is 0 Å². The summed E-state index contributed by atoms with van der Waals surface area (Å²) < 4.78 is 26.4. The molecule has 4 aliphatic carbocycles. The fraction of sp³-hybridized carbons (Fsp3) is 0.657. The molecule has 4 saturated carbocycles. The van der Waals surface area contributed by atoms with Gasteiger partial charge < -0.3 is 18.9 Å². The molecule has 1 aliphatic heterocycles. The third kappa shape index (κ3) is 4.33. The Labute approximate surface area is 234 Å². The van der Waals surface area contributed by atoms with Crippen molar-refractivity contribution in [3.05, 3.63) is 71.8 Å². The Kier molecular flexibility index (Phi) is 6.90. The molecule has 1 heterocycles. The molecular weight excluding hydrogens is 484 g/mol. The summed E-state index contributed by atoms with van der Waals surface area (Å²) in [5.74, 6) is 2.44. The summed E-state index contributed by atoms with van der Waals surface area (Å²) in [5.41, 5.74) is 2.85. The van der Waals surface area contributed by atoms with Crippen LogP contribution in [-0.2, 0) is 32.2 Å². The largest absolute Gasteiger partial charge is 0.373 e. The van der Waals surface area contributed by atoms with E-state index in [1.807, 2.05) is 0 Å². The lowest BCUT2D eigenvalue weighted by Gasteiger charge is -2.63. The van der Waals surface area contributed by atoms with Gasteiger partial charge in [0.2, 0.25) is 0 Å². The molecule has 2 aromatic carbocycles. The molecule has 210 valence electrons. The second kappa shape index (κ2) is 10.3. The lowest BCUT2D eigenvalue weighted by Crippen LogP contribution is -2.61. The monoisotopic (exact) mass is 530 g/mol. The van der Waals surface area contributed by atoms with E-state index < -0.39 is 0 Å². The van der Waals surface area contributed by atoms with Gasteiger partial charge >= 0.3 is 0 Å². The van der Waals surface area contributed by atoms with Gasteiger partial charge in [-0.1, -0.05) is 74.5 Å². The Bertz CT molecular complexity index is 1110. The maximum absolute atomic E-state index is 6.97. The van der Waals surface area contributed by atoms with Crippen LogP contribution in [0.4, 0.5) is 0 Å². The van der Waals surface area contributed by atoms with Crippen LogP contribution in [0.25, 0.3) is 0 Å². The topological polar surface area (TPSA) is 36.9 Å². The molecule has 4 unspecified atom stereocenters. The van der Waals surface area contributed by atoms with Crippen molar-refractivity contribution in [3.63, 3.8) is 0 Å². The zero-order valence-corrected chi connectivity index (χ0v) is 23.9. The third-order valence-corrected chi connectivity index (χ3v) is 12.1. The average molecular weight is 531 g/mol. The third-order valence-electron chi connectivity index (χ3n) is 12.1. The quantitative estimate of drug-likeness (QED) is 0.386. The molecular formula is C35H46O4. The fourth-order valence-electron chi connectivity index (χ4n) is 10.1. The fourth-order valence-corrected chi connectivity index (χ4v) is 10.1. The minimum Gasteiger partial charge on any atom is -0.373 e.